The van der Waals surface area contributed by atoms with Crippen molar-refractivity contribution in [2.75, 3.05) is 0 Å². The molecule has 0 atom stereocenters. The van der Waals surface area contributed by atoms with Crippen LogP contribution in [-0.4, -0.2) is 5.25 Å². The van der Waals surface area contributed by atoms with Crippen LogP contribution < -0.4 is 5.73 Å². The van der Waals surface area contributed by atoms with Crippen molar-refractivity contribution in [3.8, 4) is 0 Å². The molecule has 94 valence electrons. The molecular formula is C14H20FNS. The average Bonchev–Trinajstić information content (AvgIpc) is 2.39. The van der Waals surface area contributed by atoms with Gasteiger partial charge in [-0.1, -0.05) is 37.5 Å². The minimum atomic E-state index is -0.0988. The van der Waals surface area contributed by atoms with Crippen LogP contribution in [0.15, 0.2) is 18.2 Å². The van der Waals surface area contributed by atoms with E-state index in [0.29, 0.717) is 5.56 Å². The highest BCUT2D eigenvalue weighted by Gasteiger charge is 2.15. The van der Waals surface area contributed by atoms with E-state index in [0.717, 1.165) is 16.6 Å². The molecule has 0 saturated heterocycles. The second-order valence-corrected chi connectivity index (χ2v) is 5.95. The molecular weight excluding hydrogens is 233 g/mol. The highest BCUT2D eigenvalue weighted by Crippen LogP contribution is 2.31. The zero-order valence-electron chi connectivity index (χ0n) is 10.1. The molecule has 1 aromatic rings. The lowest BCUT2D eigenvalue weighted by atomic mass is 10.0. The van der Waals surface area contributed by atoms with Gasteiger partial charge in [0.15, 0.2) is 0 Å². The SMILES string of the molecule is NCc1cccc(CSC2CCCCC2)c1F. The van der Waals surface area contributed by atoms with Crippen LogP contribution in [0.5, 0.6) is 0 Å². The van der Waals surface area contributed by atoms with Gasteiger partial charge in [-0.05, 0) is 18.4 Å². The first kappa shape index (κ1) is 12.9. The summed E-state index contributed by atoms with van der Waals surface area (Å²) in [7, 11) is 0. The third kappa shape index (κ3) is 3.46. The molecule has 0 amide bonds. The summed E-state index contributed by atoms with van der Waals surface area (Å²) in [6, 6.07) is 5.55. The van der Waals surface area contributed by atoms with Crippen LogP contribution in [0.2, 0.25) is 0 Å². The lowest BCUT2D eigenvalue weighted by Crippen LogP contribution is -2.09. The first-order valence-electron chi connectivity index (χ1n) is 6.39. The van der Waals surface area contributed by atoms with E-state index in [4.69, 9.17) is 5.73 Å². The van der Waals surface area contributed by atoms with E-state index in [2.05, 4.69) is 0 Å². The number of halogens is 1. The first-order valence-corrected chi connectivity index (χ1v) is 7.44. The molecule has 0 aliphatic heterocycles. The van der Waals surface area contributed by atoms with Crippen molar-refractivity contribution in [2.24, 2.45) is 5.73 Å². The van der Waals surface area contributed by atoms with E-state index in [9.17, 15) is 4.39 Å². The summed E-state index contributed by atoms with van der Waals surface area (Å²) in [5, 5.41) is 0.727. The normalized spacial score (nSPS) is 17.3. The topological polar surface area (TPSA) is 26.0 Å². The van der Waals surface area contributed by atoms with E-state index in [-0.39, 0.29) is 12.4 Å². The minimum Gasteiger partial charge on any atom is -0.326 e. The molecule has 1 saturated carbocycles. The Morgan fingerprint density at radius 3 is 2.59 bits per heavy atom. The smallest absolute Gasteiger partial charge is 0.131 e. The quantitative estimate of drug-likeness (QED) is 0.882. The Morgan fingerprint density at radius 2 is 1.88 bits per heavy atom. The Morgan fingerprint density at radius 1 is 1.18 bits per heavy atom. The molecule has 1 aromatic carbocycles. The molecule has 0 unspecified atom stereocenters. The average molecular weight is 253 g/mol. The highest BCUT2D eigenvalue weighted by molar-refractivity contribution is 7.99. The summed E-state index contributed by atoms with van der Waals surface area (Å²) in [5.41, 5.74) is 6.95. The van der Waals surface area contributed by atoms with Crippen LogP contribution in [0.1, 0.15) is 43.2 Å². The molecule has 17 heavy (non-hydrogen) atoms. The Labute approximate surface area is 107 Å². The third-order valence-electron chi connectivity index (χ3n) is 3.41. The standard InChI is InChI=1S/C14H20FNS/c15-14-11(9-16)5-4-6-12(14)10-17-13-7-2-1-3-8-13/h4-6,13H,1-3,7-10,16H2. The summed E-state index contributed by atoms with van der Waals surface area (Å²) in [6.07, 6.45) is 6.63. The Balaban J connectivity index is 1.93. The Kier molecular flexibility index (Phi) is 4.86. The van der Waals surface area contributed by atoms with Crippen molar-refractivity contribution in [1.82, 2.24) is 0 Å². The molecule has 0 radical (unpaired) electrons. The van der Waals surface area contributed by atoms with Crippen LogP contribution in [0.4, 0.5) is 4.39 Å². The largest absolute Gasteiger partial charge is 0.326 e. The van der Waals surface area contributed by atoms with Crippen molar-refractivity contribution in [3.63, 3.8) is 0 Å². The van der Waals surface area contributed by atoms with Gasteiger partial charge in [0, 0.05) is 23.1 Å². The van der Waals surface area contributed by atoms with Crippen LogP contribution in [0.25, 0.3) is 0 Å². The van der Waals surface area contributed by atoms with Crippen molar-refractivity contribution < 1.29 is 4.39 Å². The summed E-state index contributed by atoms with van der Waals surface area (Å²) in [6.45, 7) is 0.285. The van der Waals surface area contributed by atoms with E-state index in [1.807, 2.05) is 23.9 Å². The van der Waals surface area contributed by atoms with Gasteiger partial charge < -0.3 is 5.73 Å². The number of rotatable bonds is 4. The lowest BCUT2D eigenvalue weighted by Gasteiger charge is -2.21. The number of benzene rings is 1. The molecule has 2 N–H and O–H groups in total. The van der Waals surface area contributed by atoms with Gasteiger partial charge in [-0.2, -0.15) is 11.8 Å². The number of hydrogen-bond acceptors (Lipinski definition) is 2. The molecule has 0 spiro atoms. The van der Waals surface area contributed by atoms with Gasteiger partial charge in [0.1, 0.15) is 5.82 Å². The molecule has 1 nitrogen and oxygen atoms in total. The molecule has 0 bridgehead atoms. The molecule has 0 heterocycles. The zero-order chi connectivity index (χ0) is 12.1. The van der Waals surface area contributed by atoms with Crippen LogP contribution >= 0.6 is 11.8 Å². The van der Waals surface area contributed by atoms with E-state index in [1.165, 1.54) is 32.1 Å². The Hall–Kier alpha value is -0.540. The van der Waals surface area contributed by atoms with Crippen LogP contribution in [-0.2, 0) is 12.3 Å². The van der Waals surface area contributed by atoms with Gasteiger partial charge in [-0.15, -0.1) is 0 Å². The van der Waals surface area contributed by atoms with Gasteiger partial charge in [0.25, 0.3) is 0 Å². The van der Waals surface area contributed by atoms with Crippen LogP contribution in [0.3, 0.4) is 0 Å². The summed E-state index contributed by atoms with van der Waals surface area (Å²) >= 11 is 1.90. The van der Waals surface area contributed by atoms with Gasteiger partial charge >= 0.3 is 0 Å². The fourth-order valence-electron chi connectivity index (χ4n) is 2.34. The van der Waals surface area contributed by atoms with Gasteiger partial charge in [0.2, 0.25) is 0 Å². The van der Waals surface area contributed by atoms with E-state index >= 15 is 0 Å². The van der Waals surface area contributed by atoms with E-state index in [1.54, 1.807) is 6.07 Å². The minimum absolute atomic E-state index is 0.0988. The van der Waals surface area contributed by atoms with Crippen molar-refractivity contribution in [1.29, 1.82) is 0 Å². The Bertz CT molecular complexity index is 361. The summed E-state index contributed by atoms with van der Waals surface area (Å²) in [4.78, 5) is 0. The van der Waals surface area contributed by atoms with E-state index < -0.39 is 0 Å². The lowest BCUT2D eigenvalue weighted by molar-refractivity contribution is 0.515. The zero-order valence-corrected chi connectivity index (χ0v) is 10.9. The molecule has 1 fully saturated rings. The molecule has 1 aliphatic carbocycles. The predicted octanol–water partition coefficient (Wildman–Crippen LogP) is 3.85. The van der Waals surface area contributed by atoms with Crippen molar-refractivity contribution in [3.05, 3.63) is 35.1 Å². The number of thioether (sulfide) groups is 1. The van der Waals surface area contributed by atoms with Gasteiger partial charge in [-0.25, -0.2) is 4.39 Å². The summed E-state index contributed by atoms with van der Waals surface area (Å²) < 4.78 is 13.9. The maximum Gasteiger partial charge on any atom is 0.131 e. The third-order valence-corrected chi connectivity index (χ3v) is 4.83. The summed E-state index contributed by atoms with van der Waals surface area (Å²) in [5.74, 6) is 0.683. The van der Waals surface area contributed by atoms with Gasteiger partial charge in [0.05, 0.1) is 0 Å². The van der Waals surface area contributed by atoms with Gasteiger partial charge in [-0.3, -0.25) is 0 Å². The van der Waals surface area contributed by atoms with Crippen molar-refractivity contribution in [2.45, 2.75) is 49.7 Å². The van der Waals surface area contributed by atoms with Crippen molar-refractivity contribution >= 4 is 11.8 Å². The number of hydrogen-bond donors (Lipinski definition) is 1. The fourth-order valence-corrected chi connectivity index (χ4v) is 3.65. The molecule has 2 rings (SSSR count). The second-order valence-electron chi connectivity index (χ2n) is 4.67. The predicted molar refractivity (Wildman–Crippen MR) is 72.5 cm³/mol. The monoisotopic (exact) mass is 253 g/mol. The molecule has 3 heteroatoms. The first-order chi connectivity index (χ1) is 8.31. The maximum absolute atomic E-state index is 13.9. The number of nitrogens with two attached hydrogens (primary N) is 1. The second kappa shape index (κ2) is 6.41. The maximum atomic E-state index is 13.9. The molecule has 0 aromatic heterocycles. The molecule has 1 aliphatic rings. The fraction of sp³-hybridized carbons (Fsp3) is 0.571. The highest BCUT2D eigenvalue weighted by atomic mass is 32.2. The van der Waals surface area contributed by atoms with Crippen LogP contribution in [0, 0.1) is 5.82 Å².